The number of carboxylic acid groups (broad SMARTS) is 1. The average molecular weight is 265 g/mol. The summed E-state index contributed by atoms with van der Waals surface area (Å²) < 4.78 is 1.28. The second-order valence-corrected chi connectivity index (χ2v) is 4.34. The van der Waals surface area contributed by atoms with Crippen LogP contribution in [0.4, 0.5) is 5.82 Å². The predicted octanol–water partition coefficient (Wildman–Crippen LogP) is -1.03. The second kappa shape index (κ2) is 5.57. The summed E-state index contributed by atoms with van der Waals surface area (Å²) in [7, 11) is 3.85. The van der Waals surface area contributed by atoms with Gasteiger partial charge in [0, 0.05) is 13.1 Å². The monoisotopic (exact) mass is 265 g/mol. The summed E-state index contributed by atoms with van der Waals surface area (Å²) >= 11 is 0. The summed E-state index contributed by atoms with van der Waals surface area (Å²) in [5.41, 5.74) is 0.520. The molecule has 19 heavy (non-hydrogen) atoms. The van der Waals surface area contributed by atoms with Crippen molar-refractivity contribution in [3.63, 3.8) is 0 Å². The zero-order valence-electron chi connectivity index (χ0n) is 10.8. The Labute approximate surface area is 109 Å². The number of carbonyl (C=O) groups is 1. The van der Waals surface area contributed by atoms with Crippen LogP contribution >= 0.6 is 0 Å². The van der Waals surface area contributed by atoms with Gasteiger partial charge in [-0.2, -0.15) is 0 Å². The Bertz CT molecular complexity index is 568. The van der Waals surface area contributed by atoms with Gasteiger partial charge in [-0.25, -0.2) is 0 Å². The first-order valence-corrected chi connectivity index (χ1v) is 5.73. The average Bonchev–Trinajstić information content (AvgIpc) is 2.80. The lowest BCUT2D eigenvalue weighted by Gasteiger charge is -2.23. The van der Waals surface area contributed by atoms with Gasteiger partial charge in [-0.05, 0) is 36.7 Å². The molecule has 0 spiro atoms. The predicted molar refractivity (Wildman–Crippen MR) is 67.0 cm³/mol. The van der Waals surface area contributed by atoms with Crippen molar-refractivity contribution in [1.82, 2.24) is 30.2 Å². The van der Waals surface area contributed by atoms with Crippen LogP contribution in [0, 0.1) is 0 Å². The van der Waals surface area contributed by atoms with Gasteiger partial charge in [0.05, 0.1) is 0 Å². The van der Waals surface area contributed by atoms with Crippen LogP contribution in [0.15, 0.2) is 12.1 Å². The van der Waals surface area contributed by atoms with E-state index in [1.54, 1.807) is 17.0 Å². The largest absolute Gasteiger partial charge is 0.480 e. The molecule has 0 saturated heterocycles. The Morgan fingerprint density at radius 1 is 1.37 bits per heavy atom. The molecule has 1 N–H and O–H groups in total. The Hall–Kier alpha value is -2.29. The number of carboxylic acids is 1. The molecule has 0 unspecified atom stereocenters. The molecule has 0 saturated carbocycles. The Morgan fingerprint density at radius 2 is 2.16 bits per heavy atom. The number of nitrogens with zero attached hydrogens (tertiary/aromatic N) is 7. The van der Waals surface area contributed by atoms with E-state index in [2.05, 4.69) is 20.6 Å². The standard InChI is InChI=1S/C10H15N7O2/c1-15(2)5-6-16(7-10(18)19)9-4-3-8-11-13-14-17(8)12-9/h3-4H,5-7H2,1-2H3,(H,18,19). The smallest absolute Gasteiger partial charge is 0.323 e. The normalized spacial score (nSPS) is 11.1. The van der Waals surface area contributed by atoms with Crippen molar-refractivity contribution in [2.75, 3.05) is 38.6 Å². The van der Waals surface area contributed by atoms with E-state index >= 15 is 0 Å². The lowest BCUT2D eigenvalue weighted by Crippen LogP contribution is -2.36. The van der Waals surface area contributed by atoms with Crippen molar-refractivity contribution in [3.8, 4) is 0 Å². The zero-order valence-corrected chi connectivity index (χ0v) is 10.8. The molecule has 0 amide bonds. The van der Waals surface area contributed by atoms with Gasteiger partial charge in [-0.3, -0.25) is 4.79 Å². The molecule has 0 aromatic carbocycles. The third-order valence-corrected chi connectivity index (χ3v) is 2.52. The molecule has 0 radical (unpaired) electrons. The molecule has 2 rings (SSSR count). The van der Waals surface area contributed by atoms with E-state index in [9.17, 15) is 4.79 Å². The second-order valence-electron chi connectivity index (χ2n) is 4.34. The molecule has 0 fully saturated rings. The van der Waals surface area contributed by atoms with Gasteiger partial charge in [0.2, 0.25) is 0 Å². The fourth-order valence-corrected chi connectivity index (χ4v) is 1.57. The van der Waals surface area contributed by atoms with E-state index in [0.29, 0.717) is 18.0 Å². The van der Waals surface area contributed by atoms with Crippen molar-refractivity contribution in [1.29, 1.82) is 0 Å². The van der Waals surface area contributed by atoms with Crippen molar-refractivity contribution in [3.05, 3.63) is 12.1 Å². The minimum absolute atomic E-state index is 0.117. The van der Waals surface area contributed by atoms with Crippen LogP contribution in [0.3, 0.4) is 0 Å². The van der Waals surface area contributed by atoms with E-state index in [1.165, 1.54) is 4.63 Å². The summed E-state index contributed by atoms with van der Waals surface area (Å²) in [5, 5.41) is 24.1. The first kappa shape index (κ1) is 13.1. The van der Waals surface area contributed by atoms with Gasteiger partial charge in [0.15, 0.2) is 11.5 Å². The van der Waals surface area contributed by atoms with Crippen LogP contribution in [-0.2, 0) is 4.79 Å². The molecule has 2 heterocycles. The Kier molecular flexibility index (Phi) is 3.85. The summed E-state index contributed by atoms with van der Waals surface area (Å²) in [5.74, 6) is -0.374. The number of anilines is 1. The lowest BCUT2D eigenvalue weighted by atomic mass is 10.4. The van der Waals surface area contributed by atoms with Crippen LogP contribution in [0.2, 0.25) is 0 Å². The lowest BCUT2D eigenvalue weighted by molar-refractivity contribution is -0.135. The van der Waals surface area contributed by atoms with Crippen molar-refractivity contribution < 1.29 is 9.90 Å². The van der Waals surface area contributed by atoms with E-state index in [0.717, 1.165) is 6.54 Å². The summed E-state index contributed by atoms with van der Waals surface area (Å²) in [6, 6.07) is 3.41. The maximum absolute atomic E-state index is 10.9. The highest BCUT2D eigenvalue weighted by molar-refractivity contribution is 5.73. The third kappa shape index (κ3) is 3.35. The van der Waals surface area contributed by atoms with Crippen LogP contribution < -0.4 is 4.90 Å². The van der Waals surface area contributed by atoms with Crippen LogP contribution in [-0.4, -0.2) is 75.0 Å². The quantitative estimate of drug-likeness (QED) is 0.708. The van der Waals surface area contributed by atoms with E-state index < -0.39 is 5.97 Å². The molecule has 2 aromatic heterocycles. The maximum Gasteiger partial charge on any atom is 0.323 e. The Balaban J connectivity index is 2.21. The number of fused-ring (bicyclic) bond motifs is 1. The minimum Gasteiger partial charge on any atom is -0.480 e. The number of hydrogen-bond donors (Lipinski definition) is 1. The number of rotatable bonds is 6. The van der Waals surface area contributed by atoms with Crippen molar-refractivity contribution in [2.24, 2.45) is 0 Å². The van der Waals surface area contributed by atoms with Gasteiger partial charge < -0.3 is 14.9 Å². The van der Waals surface area contributed by atoms with E-state index in [-0.39, 0.29) is 6.54 Å². The zero-order chi connectivity index (χ0) is 13.8. The van der Waals surface area contributed by atoms with E-state index in [4.69, 9.17) is 5.11 Å². The fraction of sp³-hybridized carbons (Fsp3) is 0.500. The summed E-state index contributed by atoms with van der Waals surface area (Å²) in [6.07, 6.45) is 0. The molecule has 0 aliphatic carbocycles. The molecule has 0 aliphatic heterocycles. The molecule has 0 aliphatic rings. The van der Waals surface area contributed by atoms with Gasteiger partial charge in [-0.1, -0.05) is 0 Å². The molecule has 9 nitrogen and oxygen atoms in total. The van der Waals surface area contributed by atoms with Crippen LogP contribution in [0.5, 0.6) is 0 Å². The highest BCUT2D eigenvalue weighted by Gasteiger charge is 2.13. The van der Waals surface area contributed by atoms with Crippen molar-refractivity contribution >= 4 is 17.4 Å². The number of tetrazole rings is 1. The molecule has 0 atom stereocenters. The number of hydrogen-bond acceptors (Lipinski definition) is 7. The molecule has 2 aromatic rings. The first-order chi connectivity index (χ1) is 9.06. The highest BCUT2D eigenvalue weighted by atomic mass is 16.4. The summed E-state index contributed by atoms with van der Waals surface area (Å²) in [4.78, 5) is 14.6. The molecular formula is C10H15N7O2. The number of aromatic nitrogens is 5. The number of likely N-dealkylation sites (N-methyl/N-ethyl adjacent to an activating group) is 1. The van der Waals surface area contributed by atoms with E-state index in [1.807, 2.05) is 19.0 Å². The van der Waals surface area contributed by atoms with Gasteiger partial charge in [-0.15, -0.1) is 14.8 Å². The molecule has 0 bridgehead atoms. The van der Waals surface area contributed by atoms with Gasteiger partial charge in [0.1, 0.15) is 6.54 Å². The summed E-state index contributed by atoms with van der Waals surface area (Å²) in [6.45, 7) is 1.16. The fourth-order valence-electron chi connectivity index (χ4n) is 1.57. The van der Waals surface area contributed by atoms with Gasteiger partial charge >= 0.3 is 5.97 Å². The minimum atomic E-state index is -0.905. The highest BCUT2D eigenvalue weighted by Crippen LogP contribution is 2.10. The third-order valence-electron chi connectivity index (χ3n) is 2.52. The van der Waals surface area contributed by atoms with Crippen LogP contribution in [0.1, 0.15) is 0 Å². The van der Waals surface area contributed by atoms with Crippen molar-refractivity contribution in [2.45, 2.75) is 0 Å². The molecule has 9 heteroatoms. The first-order valence-electron chi connectivity index (χ1n) is 5.73. The van der Waals surface area contributed by atoms with Crippen LogP contribution in [0.25, 0.3) is 5.65 Å². The molecular weight excluding hydrogens is 250 g/mol. The number of aliphatic carboxylic acids is 1. The molecule has 102 valence electrons. The Morgan fingerprint density at radius 3 is 2.84 bits per heavy atom. The maximum atomic E-state index is 10.9. The SMILES string of the molecule is CN(C)CCN(CC(=O)O)c1ccc2nnnn2n1. The van der Waals surface area contributed by atoms with Gasteiger partial charge in [0.25, 0.3) is 0 Å². The topological polar surface area (TPSA) is 99.8 Å².